The standard InChI is InChI=1S/C12H18BNO5S/c15-11-5-3-10(4-6-11)14-20(18,19)12-7-1-9(2-8-12)13(16)17/h1-2,7-8,10-11,14-17H,3-6H2. The van der Waals surface area contributed by atoms with Crippen LogP contribution < -0.4 is 10.2 Å². The van der Waals surface area contributed by atoms with E-state index < -0.39 is 17.1 Å². The Hall–Kier alpha value is -0.925. The molecule has 6 nitrogen and oxygen atoms in total. The van der Waals surface area contributed by atoms with Gasteiger partial charge < -0.3 is 15.2 Å². The lowest BCUT2D eigenvalue weighted by Gasteiger charge is -2.26. The van der Waals surface area contributed by atoms with Gasteiger partial charge in [0.25, 0.3) is 0 Å². The lowest BCUT2D eigenvalue weighted by molar-refractivity contribution is 0.120. The summed E-state index contributed by atoms with van der Waals surface area (Å²) < 4.78 is 26.9. The Morgan fingerprint density at radius 3 is 2.10 bits per heavy atom. The van der Waals surface area contributed by atoms with E-state index in [1.807, 2.05) is 0 Å². The number of benzene rings is 1. The summed E-state index contributed by atoms with van der Waals surface area (Å²) in [4.78, 5) is 0.0908. The third kappa shape index (κ3) is 3.80. The molecule has 0 atom stereocenters. The molecule has 2 rings (SSSR count). The minimum absolute atomic E-state index is 0.0908. The predicted octanol–water partition coefficient (Wildman–Crippen LogP) is -1.05. The van der Waals surface area contributed by atoms with Crippen molar-refractivity contribution in [3.05, 3.63) is 24.3 Å². The summed E-state index contributed by atoms with van der Waals surface area (Å²) in [7, 11) is -5.23. The maximum Gasteiger partial charge on any atom is 0.488 e. The Bertz CT molecular complexity index is 537. The highest BCUT2D eigenvalue weighted by Gasteiger charge is 2.25. The molecule has 1 aliphatic rings. The average Bonchev–Trinajstić information content (AvgIpc) is 2.41. The molecule has 0 spiro atoms. The zero-order valence-corrected chi connectivity index (χ0v) is 11.8. The molecule has 1 aliphatic carbocycles. The van der Waals surface area contributed by atoms with E-state index >= 15 is 0 Å². The first-order valence-electron chi connectivity index (χ1n) is 6.55. The molecule has 0 aliphatic heterocycles. The number of aliphatic hydroxyl groups is 1. The van der Waals surface area contributed by atoms with E-state index in [0.717, 1.165) is 0 Å². The van der Waals surface area contributed by atoms with Crippen LogP contribution in [0.5, 0.6) is 0 Å². The first-order chi connectivity index (χ1) is 9.38. The number of hydrogen-bond donors (Lipinski definition) is 4. The second-order valence-electron chi connectivity index (χ2n) is 5.07. The lowest BCUT2D eigenvalue weighted by atomic mass is 9.81. The number of sulfonamides is 1. The highest BCUT2D eigenvalue weighted by molar-refractivity contribution is 7.89. The third-order valence-corrected chi connectivity index (χ3v) is 5.04. The first-order valence-corrected chi connectivity index (χ1v) is 8.03. The van der Waals surface area contributed by atoms with Crippen molar-refractivity contribution in [3.8, 4) is 0 Å². The molecular weight excluding hydrogens is 281 g/mol. The van der Waals surface area contributed by atoms with Crippen molar-refractivity contribution in [1.29, 1.82) is 0 Å². The van der Waals surface area contributed by atoms with Gasteiger partial charge in [0.15, 0.2) is 0 Å². The molecular formula is C12H18BNO5S. The van der Waals surface area contributed by atoms with Crippen LogP contribution in [0.2, 0.25) is 0 Å². The van der Waals surface area contributed by atoms with Gasteiger partial charge in [-0.3, -0.25) is 0 Å². The van der Waals surface area contributed by atoms with Gasteiger partial charge in [0.2, 0.25) is 10.0 Å². The van der Waals surface area contributed by atoms with Gasteiger partial charge in [0, 0.05) is 6.04 Å². The second-order valence-corrected chi connectivity index (χ2v) is 6.78. The van der Waals surface area contributed by atoms with Crippen LogP contribution in [0.4, 0.5) is 0 Å². The molecule has 0 heterocycles. The van der Waals surface area contributed by atoms with Gasteiger partial charge in [0.05, 0.1) is 11.0 Å². The minimum atomic E-state index is -3.61. The summed E-state index contributed by atoms with van der Waals surface area (Å²) in [6, 6.07) is 5.25. The molecule has 110 valence electrons. The molecule has 4 N–H and O–H groups in total. The van der Waals surface area contributed by atoms with Crippen molar-refractivity contribution < 1.29 is 23.6 Å². The molecule has 1 aromatic carbocycles. The molecule has 0 radical (unpaired) electrons. The Balaban J connectivity index is 2.06. The Kier molecular flexibility index (Phi) is 4.82. The molecule has 1 fully saturated rings. The fraction of sp³-hybridized carbons (Fsp3) is 0.500. The summed E-state index contributed by atoms with van der Waals surface area (Å²) in [5.74, 6) is 0. The van der Waals surface area contributed by atoms with E-state index in [9.17, 15) is 13.5 Å². The van der Waals surface area contributed by atoms with Crippen molar-refractivity contribution in [2.24, 2.45) is 0 Å². The zero-order chi connectivity index (χ0) is 14.8. The van der Waals surface area contributed by atoms with E-state index in [-0.39, 0.29) is 22.5 Å². The summed E-state index contributed by atoms with van der Waals surface area (Å²) in [6.45, 7) is 0. The number of hydrogen-bond acceptors (Lipinski definition) is 5. The van der Waals surface area contributed by atoms with Gasteiger partial charge in [-0.1, -0.05) is 12.1 Å². The van der Waals surface area contributed by atoms with Crippen LogP contribution in [-0.4, -0.2) is 42.8 Å². The smallest absolute Gasteiger partial charge is 0.423 e. The van der Waals surface area contributed by atoms with E-state index in [1.54, 1.807) is 0 Å². The average molecular weight is 299 g/mol. The van der Waals surface area contributed by atoms with Gasteiger partial charge in [0.1, 0.15) is 0 Å². The maximum atomic E-state index is 12.2. The molecule has 8 heteroatoms. The molecule has 0 unspecified atom stereocenters. The molecule has 1 aromatic rings. The van der Waals surface area contributed by atoms with Crippen LogP contribution in [0.15, 0.2) is 29.2 Å². The molecule has 0 amide bonds. The lowest BCUT2D eigenvalue weighted by Crippen LogP contribution is -2.38. The van der Waals surface area contributed by atoms with E-state index in [2.05, 4.69) is 4.72 Å². The Morgan fingerprint density at radius 1 is 1.05 bits per heavy atom. The van der Waals surface area contributed by atoms with Crippen LogP contribution in [-0.2, 0) is 10.0 Å². The van der Waals surface area contributed by atoms with Crippen LogP contribution in [0.3, 0.4) is 0 Å². The predicted molar refractivity (Wildman–Crippen MR) is 74.9 cm³/mol. The fourth-order valence-corrected chi connectivity index (χ4v) is 3.61. The number of rotatable bonds is 4. The van der Waals surface area contributed by atoms with Gasteiger partial charge in [-0.05, 0) is 43.3 Å². The molecule has 0 bridgehead atoms. The SMILES string of the molecule is O=S(=O)(NC1CCC(O)CC1)c1ccc(B(O)O)cc1. The van der Waals surface area contributed by atoms with E-state index in [1.165, 1.54) is 24.3 Å². The molecule has 20 heavy (non-hydrogen) atoms. The summed E-state index contributed by atoms with van der Waals surface area (Å²) in [5, 5.41) is 27.3. The van der Waals surface area contributed by atoms with Crippen molar-refractivity contribution >= 4 is 22.6 Å². The summed E-state index contributed by atoms with van der Waals surface area (Å²) >= 11 is 0. The Labute approximate surface area is 118 Å². The normalized spacial score (nSPS) is 23.6. The van der Waals surface area contributed by atoms with Crippen molar-refractivity contribution in [1.82, 2.24) is 4.72 Å². The molecule has 0 saturated heterocycles. The Morgan fingerprint density at radius 2 is 1.60 bits per heavy atom. The summed E-state index contributed by atoms with van der Waals surface area (Å²) in [6.07, 6.45) is 2.11. The van der Waals surface area contributed by atoms with Gasteiger partial charge in [-0.15, -0.1) is 0 Å². The second kappa shape index (κ2) is 6.23. The topological polar surface area (TPSA) is 107 Å². The molecule has 1 saturated carbocycles. The monoisotopic (exact) mass is 299 g/mol. The minimum Gasteiger partial charge on any atom is -0.423 e. The van der Waals surface area contributed by atoms with Gasteiger partial charge in [-0.2, -0.15) is 0 Å². The highest BCUT2D eigenvalue weighted by Crippen LogP contribution is 2.20. The number of aliphatic hydroxyl groups excluding tert-OH is 1. The number of nitrogens with one attached hydrogen (secondary N) is 1. The fourth-order valence-electron chi connectivity index (χ4n) is 2.30. The zero-order valence-electron chi connectivity index (χ0n) is 10.9. The quantitative estimate of drug-likeness (QED) is 0.531. The van der Waals surface area contributed by atoms with Crippen LogP contribution in [0.1, 0.15) is 25.7 Å². The van der Waals surface area contributed by atoms with Crippen LogP contribution in [0, 0.1) is 0 Å². The largest absolute Gasteiger partial charge is 0.488 e. The third-order valence-electron chi connectivity index (χ3n) is 3.51. The van der Waals surface area contributed by atoms with Crippen LogP contribution in [0.25, 0.3) is 0 Å². The summed E-state index contributed by atoms with van der Waals surface area (Å²) in [5.41, 5.74) is 0.240. The van der Waals surface area contributed by atoms with Gasteiger partial charge in [-0.25, -0.2) is 13.1 Å². The maximum absolute atomic E-state index is 12.2. The van der Waals surface area contributed by atoms with E-state index in [4.69, 9.17) is 10.0 Å². The molecule has 0 aromatic heterocycles. The highest BCUT2D eigenvalue weighted by atomic mass is 32.2. The van der Waals surface area contributed by atoms with Crippen LogP contribution >= 0.6 is 0 Å². The van der Waals surface area contributed by atoms with Crippen molar-refractivity contribution in [2.45, 2.75) is 42.7 Å². The first kappa shape index (κ1) is 15.5. The van der Waals surface area contributed by atoms with Crippen molar-refractivity contribution in [3.63, 3.8) is 0 Å². The van der Waals surface area contributed by atoms with Gasteiger partial charge >= 0.3 is 7.12 Å². The van der Waals surface area contributed by atoms with Crippen molar-refractivity contribution in [2.75, 3.05) is 0 Å². The van der Waals surface area contributed by atoms with E-state index in [0.29, 0.717) is 25.7 Å².